The largest absolute Gasteiger partial charge is 0.444 e. The van der Waals surface area contributed by atoms with Gasteiger partial charge >= 0.3 is 12.3 Å². The number of aromatic nitrogens is 1. The Hall–Kier alpha value is -1.64. The smallest absolute Gasteiger partial charge is 0.427 e. The Morgan fingerprint density at radius 3 is 2.45 bits per heavy atom. The number of alkyl carbamates (subject to hydrolysis) is 1. The number of nitrogens with zero attached hydrogens (tertiary/aromatic N) is 1. The molecule has 1 aromatic rings. The number of alkyl halides is 3. The van der Waals surface area contributed by atoms with Gasteiger partial charge in [0.15, 0.2) is 0 Å². The van der Waals surface area contributed by atoms with Crippen LogP contribution in [0.2, 0.25) is 0 Å². The summed E-state index contributed by atoms with van der Waals surface area (Å²) in [5.74, 6) is -0.926. The van der Waals surface area contributed by atoms with E-state index in [1.54, 1.807) is 20.8 Å². The molecule has 112 valence electrons. The van der Waals surface area contributed by atoms with Crippen molar-refractivity contribution in [2.75, 3.05) is 6.54 Å². The van der Waals surface area contributed by atoms with Crippen molar-refractivity contribution < 1.29 is 27.5 Å². The molecule has 20 heavy (non-hydrogen) atoms. The van der Waals surface area contributed by atoms with Crippen molar-refractivity contribution in [2.24, 2.45) is 0 Å². The molecular weight excluding hydrogens is 297 g/mol. The lowest BCUT2D eigenvalue weighted by atomic mass is 10.2. The van der Waals surface area contributed by atoms with Gasteiger partial charge in [-0.3, -0.25) is 4.79 Å². The lowest BCUT2D eigenvalue weighted by Gasteiger charge is -2.19. The number of rotatable bonds is 3. The summed E-state index contributed by atoms with van der Waals surface area (Å²) in [5.41, 5.74) is -0.521. The number of hydrogen-bond acceptors (Lipinski definition) is 5. The van der Waals surface area contributed by atoms with E-state index in [9.17, 15) is 22.8 Å². The third-order valence-electron chi connectivity index (χ3n) is 1.88. The lowest BCUT2D eigenvalue weighted by Crippen LogP contribution is -2.35. The van der Waals surface area contributed by atoms with Gasteiger partial charge in [-0.2, -0.15) is 13.2 Å². The molecule has 0 aliphatic rings. The number of nitrogens with one attached hydrogen (secondary N) is 1. The van der Waals surface area contributed by atoms with E-state index in [-0.39, 0.29) is 0 Å². The summed E-state index contributed by atoms with van der Waals surface area (Å²) in [6.45, 7) is 4.26. The minimum atomic E-state index is -4.64. The predicted octanol–water partition coefficient (Wildman–Crippen LogP) is 2.87. The van der Waals surface area contributed by atoms with E-state index < -0.39 is 40.8 Å². The van der Waals surface area contributed by atoms with Gasteiger partial charge in [0.25, 0.3) is 0 Å². The number of amides is 1. The first kappa shape index (κ1) is 16.4. The summed E-state index contributed by atoms with van der Waals surface area (Å²) in [6, 6.07) is 0. The van der Waals surface area contributed by atoms with Crippen LogP contribution < -0.4 is 5.32 Å². The molecule has 0 unspecified atom stereocenters. The van der Waals surface area contributed by atoms with Gasteiger partial charge in [0.2, 0.25) is 5.78 Å². The van der Waals surface area contributed by atoms with Crippen LogP contribution in [0.1, 0.15) is 36.1 Å². The van der Waals surface area contributed by atoms with Crippen molar-refractivity contribution in [1.82, 2.24) is 10.3 Å². The van der Waals surface area contributed by atoms with Crippen molar-refractivity contribution in [1.29, 1.82) is 0 Å². The lowest BCUT2D eigenvalue weighted by molar-refractivity contribution is -0.134. The zero-order valence-electron chi connectivity index (χ0n) is 11.0. The van der Waals surface area contributed by atoms with Gasteiger partial charge in [-0.05, 0) is 20.8 Å². The van der Waals surface area contributed by atoms with Gasteiger partial charge in [-0.15, -0.1) is 11.3 Å². The first-order valence-electron chi connectivity index (χ1n) is 5.51. The van der Waals surface area contributed by atoms with Crippen molar-refractivity contribution >= 4 is 23.2 Å². The molecule has 1 amide bonds. The van der Waals surface area contributed by atoms with Crippen LogP contribution in [-0.4, -0.2) is 29.0 Å². The van der Waals surface area contributed by atoms with Gasteiger partial charge in [0, 0.05) is 0 Å². The predicted molar refractivity (Wildman–Crippen MR) is 65.7 cm³/mol. The number of Topliss-reactive ketones (excluding diaryl/α,β-unsaturated/α-hetero) is 1. The monoisotopic (exact) mass is 310 g/mol. The van der Waals surface area contributed by atoms with Gasteiger partial charge < -0.3 is 10.1 Å². The summed E-state index contributed by atoms with van der Waals surface area (Å²) in [5, 5.41) is 2.09. The number of halogens is 3. The SMILES string of the molecule is CC(C)(C)OC(=O)NCC(=O)c1ncsc1C(F)(F)F. The highest BCUT2D eigenvalue weighted by molar-refractivity contribution is 7.10. The Morgan fingerprint density at radius 1 is 1.35 bits per heavy atom. The van der Waals surface area contributed by atoms with Crippen LogP contribution in [0.25, 0.3) is 0 Å². The Balaban J connectivity index is 2.65. The second-order valence-electron chi connectivity index (χ2n) is 4.81. The molecule has 0 saturated heterocycles. The minimum absolute atomic E-state index is 0.328. The normalized spacial score (nSPS) is 12.1. The summed E-state index contributed by atoms with van der Waals surface area (Å²) in [6.07, 6.45) is -5.52. The fourth-order valence-electron chi connectivity index (χ4n) is 1.20. The molecule has 0 fully saturated rings. The quantitative estimate of drug-likeness (QED) is 0.872. The number of thiazole rings is 1. The number of carbonyl (C=O) groups is 2. The maximum atomic E-state index is 12.6. The highest BCUT2D eigenvalue weighted by Crippen LogP contribution is 2.34. The second kappa shape index (κ2) is 5.78. The summed E-state index contributed by atoms with van der Waals surface area (Å²) >= 11 is 0.328. The van der Waals surface area contributed by atoms with Crippen molar-refractivity contribution in [3.05, 3.63) is 16.1 Å². The van der Waals surface area contributed by atoms with Crippen LogP contribution in [0.5, 0.6) is 0 Å². The van der Waals surface area contributed by atoms with Crippen LogP contribution in [0.3, 0.4) is 0 Å². The molecular formula is C11H13F3N2O3S. The van der Waals surface area contributed by atoms with E-state index in [2.05, 4.69) is 10.3 Å². The molecule has 0 aliphatic carbocycles. The maximum Gasteiger partial charge on any atom is 0.427 e. The average molecular weight is 310 g/mol. The standard InChI is InChI=1S/C11H13F3N2O3S/c1-10(2,3)19-9(18)15-4-6(17)7-8(11(12,13)14)20-5-16-7/h5H,4H2,1-3H3,(H,15,18). The first-order valence-corrected chi connectivity index (χ1v) is 6.39. The van der Waals surface area contributed by atoms with E-state index in [4.69, 9.17) is 4.74 Å². The molecule has 1 N–H and O–H groups in total. The zero-order chi connectivity index (χ0) is 15.6. The molecule has 0 spiro atoms. The van der Waals surface area contributed by atoms with E-state index in [1.807, 2.05) is 0 Å². The van der Waals surface area contributed by atoms with Crippen LogP contribution in [0.4, 0.5) is 18.0 Å². The first-order chi connectivity index (χ1) is 9.00. The molecule has 0 radical (unpaired) electrons. The van der Waals surface area contributed by atoms with Crippen LogP contribution >= 0.6 is 11.3 Å². The average Bonchev–Trinajstić information content (AvgIpc) is 2.71. The van der Waals surface area contributed by atoms with Gasteiger partial charge in [0.1, 0.15) is 16.2 Å². The van der Waals surface area contributed by atoms with Gasteiger partial charge in [-0.25, -0.2) is 9.78 Å². The Bertz CT molecular complexity index is 506. The molecule has 1 aromatic heterocycles. The summed E-state index contributed by atoms with van der Waals surface area (Å²) in [7, 11) is 0. The zero-order valence-corrected chi connectivity index (χ0v) is 11.8. The summed E-state index contributed by atoms with van der Waals surface area (Å²) in [4.78, 5) is 25.2. The van der Waals surface area contributed by atoms with Gasteiger partial charge in [0.05, 0.1) is 12.1 Å². The van der Waals surface area contributed by atoms with Crippen LogP contribution in [0.15, 0.2) is 5.51 Å². The van der Waals surface area contributed by atoms with E-state index in [1.165, 1.54) is 0 Å². The highest BCUT2D eigenvalue weighted by atomic mass is 32.1. The van der Waals surface area contributed by atoms with E-state index in [0.29, 0.717) is 11.3 Å². The third kappa shape index (κ3) is 4.80. The number of ether oxygens (including phenoxy) is 1. The Kier molecular flexibility index (Phi) is 4.74. The summed E-state index contributed by atoms with van der Waals surface area (Å²) < 4.78 is 42.6. The molecule has 1 heterocycles. The van der Waals surface area contributed by atoms with E-state index in [0.717, 1.165) is 5.51 Å². The number of hydrogen-bond donors (Lipinski definition) is 1. The molecule has 0 aliphatic heterocycles. The molecule has 0 atom stereocenters. The third-order valence-corrected chi connectivity index (χ3v) is 2.75. The molecule has 9 heteroatoms. The minimum Gasteiger partial charge on any atom is -0.444 e. The van der Waals surface area contributed by atoms with Crippen LogP contribution in [0, 0.1) is 0 Å². The maximum absolute atomic E-state index is 12.6. The van der Waals surface area contributed by atoms with Crippen molar-refractivity contribution in [3.63, 3.8) is 0 Å². The molecule has 0 bridgehead atoms. The highest BCUT2D eigenvalue weighted by Gasteiger charge is 2.37. The molecule has 5 nitrogen and oxygen atoms in total. The molecule has 0 aromatic carbocycles. The second-order valence-corrected chi connectivity index (χ2v) is 5.66. The number of ketones is 1. The van der Waals surface area contributed by atoms with Crippen LogP contribution in [-0.2, 0) is 10.9 Å². The van der Waals surface area contributed by atoms with Crippen molar-refractivity contribution in [3.8, 4) is 0 Å². The molecule has 0 saturated carbocycles. The van der Waals surface area contributed by atoms with Crippen molar-refractivity contribution in [2.45, 2.75) is 32.5 Å². The number of carbonyl (C=O) groups excluding carboxylic acids is 2. The van der Waals surface area contributed by atoms with E-state index >= 15 is 0 Å². The topological polar surface area (TPSA) is 68.3 Å². The Morgan fingerprint density at radius 2 is 1.95 bits per heavy atom. The molecule has 1 rings (SSSR count). The fraction of sp³-hybridized carbons (Fsp3) is 0.545. The fourth-order valence-corrected chi connectivity index (χ4v) is 1.87. The van der Waals surface area contributed by atoms with Gasteiger partial charge in [-0.1, -0.05) is 0 Å². The Labute approximate surface area is 117 Å².